The first-order valence-corrected chi connectivity index (χ1v) is 12.6. The minimum atomic E-state index is -5.69. The summed E-state index contributed by atoms with van der Waals surface area (Å²) in [5, 5.41) is 3.26. The van der Waals surface area contributed by atoms with Crippen molar-refractivity contribution in [3.8, 4) is 0 Å². The molecule has 1 saturated heterocycles. The molecule has 5 atom stereocenters. The number of phosphoric acid groups is 3. The fourth-order valence-electron chi connectivity index (χ4n) is 2.54. The van der Waals surface area contributed by atoms with Crippen molar-refractivity contribution >= 4 is 29.3 Å². The summed E-state index contributed by atoms with van der Waals surface area (Å²) in [5.41, 5.74) is 7.95. The molecule has 0 radical (unpaired) electrons. The van der Waals surface area contributed by atoms with Gasteiger partial charge in [0, 0.05) is 17.5 Å². The average Bonchev–Trinajstić information content (AvgIpc) is 3.03. The first-order valence-electron chi connectivity index (χ1n) is 8.10. The summed E-state index contributed by atoms with van der Waals surface area (Å²) in [5.74, 6) is 5.01. The van der Waals surface area contributed by atoms with Gasteiger partial charge in [-0.2, -0.15) is 13.6 Å². The van der Waals surface area contributed by atoms with Crippen LogP contribution in [-0.4, -0.2) is 47.9 Å². The van der Waals surface area contributed by atoms with E-state index in [9.17, 15) is 23.4 Å². The molecule has 180 valence electrons. The van der Waals surface area contributed by atoms with Gasteiger partial charge in [0.1, 0.15) is 24.3 Å². The van der Waals surface area contributed by atoms with Crippen LogP contribution >= 0.6 is 23.5 Å². The molecule has 1 fully saturated rings. The van der Waals surface area contributed by atoms with Crippen LogP contribution in [0.25, 0.3) is 10.4 Å². The lowest BCUT2D eigenvalue weighted by Gasteiger charge is -2.20. The van der Waals surface area contributed by atoms with Crippen molar-refractivity contribution in [1.82, 2.24) is 9.55 Å². The van der Waals surface area contributed by atoms with Crippen LogP contribution in [0.3, 0.4) is 0 Å². The van der Waals surface area contributed by atoms with Crippen LogP contribution in [0.1, 0.15) is 18.2 Å². The maximum absolute atomic E-state index is 12.2. The fourth-order valence-corrected chi connectivity index (χ4v) is 5.57. The number of phosphoric ester groups is 1. The SMILES string of the molecule is Cc1cn([C@H]2CC(ON)[C@@H](COP(=O)(O)OP(=O)(O)OP(=O)(O)O)O2)c(=O)nc1N=[N+]=[N-]. The van der Waals surface area contributed by atoms with Gasteiger partial charge in [0.25, 0.3) is 0 Å². The Morgan fingerprint density at radius 1 is 1.31 bits per heavy atom. The van der Waals surface area contributed by atoms with Crippen LogP contribution < -0.4 is 11.6 Å². The summed E-state index contributed by atoms with van der Waals surface area (Å²) in [4.78, 5) is 58.7. The van der Waals surface area contributed by atoms with Crippen molar-refractivity contribution in [2.45, 2.75) is 31.8 Å². The highest BCUT2D eigenvalue weighted by Crippen LogP contribution is 2.66. The average molecular weight is 522 g/mol. The molecule has 2 heterocycles. The molecule has 32 heavy (non-hydrogen) atoms. The van der Waals surface area contributed by atoms with Crippen LogP contribution in [0.2, 0.25) is 0 Å². The third-order valence-corrected chi connectivity index (χ3v) is 7.53. The molecule has 0 aromatic carbocycles. The second-order valence-corrected chi connectivity index (χ2v) is 10.5. The van der Waals surface area contributed by atoms with Crippen LogP contribution in [0, 0.1) is 6.92 Å². The molecule has 19 nitrogen and oxygen atoms in total. The van der Waals surface area contributed by atoms with Gasteiger partial charge in [0.15, 0.2) is 0 Å². The number of nitrogens with zero attached hydrogens (tertiary/aromatic N) is 5. The van der Waals surface area contributed by atoms with Gasteiger partial charge in [-0.3, -0.25) is 13.9 Å². The molecule has 0 aliphatic carbocycles. The summed E-state index contributed by atoms with van der Waals surface area (Å²) in [6, 6.07) is 0. The Morgan fingerprint density at radius 2 is 1.97 bits per heavy atom. The molecule has 2 rings (SSSR count). The van der Waals surface area contributed by atoms with E-state index in [-0.39, 0.29) is 12.2 Å². The van der Waals surface area contributed by atoms with Crippen molar-refractivity contribution in [3.05, 3.63) is 32.7 Å². The quantitative estimate of drug-likeness (QED) is 0.0912. The zero-order chi connectivity index (χ0) is 24.3. The first-order chi connectivity index (χ1) is 14.7. The highest BCUT2D eigenvalue weighted by atomic mass is 31.3. The Hall–Kier alpha value is -1.52. The molecule has 0 bridgehead atoms. The second-order valence-electron chi connectivity index (χ2n) is 6.05. The van der Waals surface area contributed by atoms with E-state index in [1.807, 2.05) is 0 Å². The molecule has 6 N–H and O–H groups in total. The molecule has 1 aliphatic heterocycles. The van der Waals surface area contributed by atoms with E-state index < -0.39 is 54.2 Å². The van der Waals surface area contributed by atoms with E-state index in [0.29, 0.717) is 5.56 Å². The minimum absolute atomic E-state index is 0.0667. The van der Waals surface area contributed by atoms with Crippen molar-refractivity contribution in [3.63, 3.8) is 0 Å². The van der Waals surface area contributed by atoms with Gasteiger partial charge in [0.05, 0.1) is 6.61 Å². The largest absolute Gasteiger partial charge is 0.490 e. The third-order valence-electron chi connectivity index (χ3n) is 3.73. The number of nitrogens with two attached hydrogens (primary N) is 1. The highest BCUT2D eigenvalue weighted by Gasteiger charge is 2.43. The summed E-state index contributed by atoms with van der Waals surface area (Å²) in [6.45, 7) is 0.672. The van der Waals surface area contributed by atoms with Crippen molar-refractivity contribution in [2.24, 2.45) is 11.0 Å². The Labute approximate surface area is 177 Å². The normalized spacial score (nSPS) is 25.0. The Bertz CT molecular complexity index is 1100. The van der Waals surface area contributed by atoms with Crippen LogP contribution in [0.5, 0.6) is 0 Å². The summed E-state index contributed by atoms with van der Waals surface area (Å²) in [6.07, 6.45) is -2.04. The van der Waals surface area contributed by atoms with Crippen LogP contribution in [-0.2, 0) is 36.4 Å². The molecule has 1 aliphatic rings. The van der Waals surface area contributed by atoms with Gasteiger partial charge in [-0.15, -0.1) is 0 Å². The van der Waals surface area contributed by atoms with Crippen molar-refractivity contribution < 1.29 is 56.0 Å². The van der Waals surface area contributed by atoms with Crippen molar-refractivity contribution in [2.75, 3.05) is 6.61 Å². The number of rotatable bonds is 10. The number of ether oxygens (including phenoxy) is 1. The summed E-state index contributed by atoms with van der Waals surface area (Å²) in [7, 11) is -16.6. The first kappa shape index (κ1) is 26.7. The lowest BCUT2D eigenvalue weighted by Crippen LogP contribution is -2.31. The van der Waals surface area contributed by atoms with E-state index in [1.54, 1.807) is 0 Å². The topological polar surface area (TPSA) is 288 Å². The van der Waals surface area contributed by atoms with Gasteiger partial charge in [0.2, 0.25) is 0 Å². The second kappa shape index (κ2) is 10.2. The fraction of sp³-hybridized carbons (Fsp3) is 0.600. The van der Waals surface area contributed by atoms with Crippen LogP contribution in [0.4, 0.5) is 5.82 Å². The minimum Gasteiger partial charge on any atom is -0.349 e. The lowest BCUT2D eigenvalue weighted by molar-refractivity contribution is -0.0618. The molecular formula is C10H17N6O13P3. The zero-order valence-corrected chi connectivity index (χ0v) is 18.5. The molecule has 22 heteroatoms. The molecule has 3 unspecified atom stereocenters. The summed E-state index contributed by atoms with van der Waals surface area (Å²) < 4.78 is 52.0. The van der Waals surface area contributed by atoms with Gasteiger partial charge in [-0.25, -0.2) is 24.4 Å². The molecule has 0 amide bonds. The summed E-state index contributed by atoms with van der Waals surface area (Å²) >= 11 is 0. The predicted octanol–water partition coefficient (Wildman–Crippen LogP) is 0.383. The maximum atomic E-state index is 12.2. The standard InChI is InChI=1S/C10H17N6O13P3/c1-5-3-16(10(17)13-9(5)14-15-11)8-2-6(27-12)7(26-8)4-25-31(21,22)29-32(23,24)28-30(18,19)20/h3,6-8H,2,4,12H2,1H3,(H,21,22)(H,23,24)(H2,18,19,20)/t6?,7-,8-/m1/s1. The molecule has 1 aromatic heterocycles. The Morgan fingerprint density at radius 3 is 2.53 bits per heavy atom. The molecule has 0 spiro atoms. The van der Waals surface area contributed by atoms with E-state index in [2.05, 4.69) is 33.0 Å². The molecule has 1 aromatic rings. The molecule has 0 saturated carbocycles. The van der Waals surface area contributed by atoms with E-state index in [1.165, 1.54) is 13.1 Å². The smallest absolute Gasteiger partial charge is 0.349 e. The van der Waals surface area contributed by atoms with Crippen molar-refractivity contribution in [1.29, 1.82) is 0 Å². The van der Waals surface area contributed by atoms with Gasteiger partial charge in [-0.1, -0.05) is 0 Å². The van der Waals surface area contributed by atoms with Gasteiger partial charge < -0.3 is 24.3 Å². The maximum Gasteiger partial charge on any atom is 0.490 e. The van der Waals surface area contributed by atoms with E-state index >= 15 is 0 Å². The number of hydrogen-bond acceptors (Lipinski definition) is 12. The number of aromatic nitrogens is 2. The third kappa shape index (κ3) is 7.52. The van der Waals surface area contributed by atoms with Gasteiger partial charge >= 0.3 is 29.2 Å². The Balaban J connectivity index is 2.11. The van der Waals surface area contributed by atoms with Gasteiger partial charge in [-0.05, 0) is 23.1 Å². The monoisotopic (exact) mass is 522 g/mol. The van der Waals surface area contributed by atoms with Crippen LogP contribution in [0.15, 0.2) is 16.1 Å². The zero-order valence-electron chi connectivity index (χ0n) is 15.8. The number of azide groups is 1. The predicted molar refractivity (Wildman–Crippen MR) is 99.4 cm³/mol. The van der Waals surface area contributed by atoms with E-state index in [0.717, 1.165) is 4.57 Å². The lowest BCUT2D eigenvalue weighted by atomic mass is 10.2. The van der Waals surface area contributed by atoms with E-state index in [4.69, 9.17) is 30.8 Å². The Kier molecular flexibility index (Phi) is 8.50. The number of hydrogen-bond donors (Lipinski definition) is 5. The number of aryl methyl sites for hydroxylation is 1. The molecular weight excluding hydrogens is 505 g/mol. The highest BCUT2D eigenvalue weighted by molar-refractivity contribution is 7.66.